The minimum Gasteiger partial charge on any atom is -0.490 e. The largest absolute Gasteiger partial charge is 0.490 e. The molecule has 3 rings (SSSR count). The summed E-state index contributed by atoms with van der Waals surface area (Å²) < 4.78 is 21.1. The van der Waals surface area contributed by atoms with E-state index in [-0.39, 0.29) is 6.04 Å². The highest BCUT2D eigenvalue weighted by Crippen LogP contribution is 2.41. The van der Waals surface area contributed by atoms with Gasteiger partial charge >= 0.3 is 0 Å². The van der Waals surface area contributed by atoms with Crippen LogP contribution in [0.5, 0.6) is 0 Å². The minimum absolute atomic E-state index is 0.0628. The van der Waals surface area contributed by atoms with Crippen LogP contribution >= 0.6 is 0 Å². The molecule has 1 aliphatic heterocycles. The van der Waals surface area contributed by atoms with Crippen molar-refractivity contribution in [3.63, 3.8) is 0 Å². The number of rotatable bonds is 4. The van der Waals surface area contributed by atoms with Crippen LogP contribution in [0.3, 0.4) is 0 Å². The summed E-state index contributed by atoms with van der Waals surface area (Å²) in [5, 5.41) is 4.38. The second-order valence-corrected chi connectivity index (χ2v) is 5.00. The summed E-state index contributed by atoms with van der Waals surface area (Å²) in [5.74, 6) is 1.16. The van der Waals surface area contributed by atoms with Crippen molar-refractivity contribution in [1.82, 2.24) is 14.8 Å². The second-order valence-electron chi connectivity index (χ2n) is 5.00. The van der Waals surface area contributed by atoms with Crippen LogP contribution in [0.2, 0.25) is 0 Å². The van der Waals surface area contributed by atoms with Crippen molar-refractivity contribution < 1.29 is 9.13 Å². The van der Waals surface area contributed by atoms with Crippen molar-refractivity contribution in [1.29, 1.82) is 0 Å². The van der Waals surface area contributed by atoms with Gasteiger partial charge in [-0.25, -0.2) is 14.1 Å². The number of alkyl halides is 1. The molecule has 5 heteroatoms. The molecule has 0 N–H and O–H groups in total. The van der Waals surface area contributed by atoms with E-state index in [9.17, 15) is 4.39 Å². The summed E-state index contributed by atoms with van der Waals surface area (Å²) in [7, 11) is 0. The van der Waals surface area contributed by atoms with Crippen LogP contribution in [0.25, 0.3) is 5.76 Å². The number of fused-ring (bicyclic) bond motifs is 1. The van der Waals surface area contributed by atoms with Gasteiger partial charge in [-0.15, -0.1) is 5.10 Å². The van der Waals surface area contributed by atoms with Crippen molar-refractivity contribution in [3.8, 4) is 0 Å². The van der Waals surface area contributed by atoms with Crippen molar-refractivity contribution in [2.45, 2.75) is 38.4 Å². The van der Waals surface area contributed by atoms with Gasteiger partial charge in [-0.2, -0.15) is 0 Å². The summed E-state index contributed by atoms with van der Waals surface area (Å²) in [6.07, 6.45) is 7.73. The molecule has 1 aromatic rings. The van der Waals surface area contributed by atoms with Crippen LogP contribution in [0.1, 0.15) is 50.0 Å². The normalized spacial score (nSPS) is 24.4. The highest BCUT2D eigenvalue weighted by molar-refractivity contribution is 5.49. The molecule has 1 aromatic heterocycles. The molecule has 0 saturated carbocycles. The van der Waals surface area contributed by atoms with E-state index in [2.05, 4.69) is 34.9 Å². The van der Waals surface area contributed by atoms with Gasteiger partial charge in [-0.05, 0) is 25.3 Å². The fourth-order valence-corrected chi connectivity index (χ4v) is 2.69. The first kappa shape index (κ1) is 13.1. The summed E-state index contributed by atoms with van der Waals surface area (Å²) in [6, 6.07) is -0.0628. The molecule has 0 fully saturated rings. The van der Waals surface area contributed by atoms with E-state index in [0.717, 1.165) is 18.4 Å². The number of hydrogen-bond donors (Lipinski definition) is 0. The maximum Gasteiger partial charge on any atom is 0.216 e. The Balaban J connectivity index is 1.91. The SMILES string of the molecule is C=C(OCC)c1nc2n(n1)C(C1=CCCC=C1)CC2F. The van der Waals surface area contributed by atoms with Gasteiger partial charge in [0.2, 0.25) is 5.82 Å². The number of aromatic nitrogens is 3. The van der Waals surface area contributed by atoms with E-state index in [1.807, 2.05) is 6.92 Å². The van der Waals surface area contributed by atoms with Crippen LogP contribution in [-0.4, -0.2) is 21.4 Å². The molecule has 20 heavy (non-hydrogen) atoms. The van der Waals surface area contributed by atoms with Gasteiger partial charge in [0.1, 0.15) is 0 Å². The zero-order valence-electron chi connectivity index (χ0n) is 11.6. The Morgan fingerprint density at radius 1 is 1.55 bits per heavy atom. The Labute approximate surface area is 117 Å². The average molecular weight is 275 g/mol. The summed E-state index contributed by atoms with van der Waals surface area (Å²) in [5.41, 5.74) is 1.12. The molecular formula is C15H18FN3O. The van der Waals surface area contributed by atoms with E-state index in [1.54, 1.807) is 4.68 Å². The average Bonchev–Trinajstić information content (AvgIpc) is 3.01. The highest BCUT2D eigenvalue weighted by atomic mass is 19.1. The fourth-order valence-electron chi connectivity index (χ4n) is 2.69. The van der Waals surface area contributed by atoms with Gasteiger partial charge in [0, 0.05) is 6.42 Å². The van der Waals surface area contributed by atoms with Gasteiger partial charge < -0.3 is 4.74 Å². The zero-order chi connectivity index (χ0) is 14.1. The smallest absolute Gasteiger partial charge is 0.216 e. The number of ether oxygens (including phenoxy) is 1. The topological polar surface area (TPSA) is 39.9 Å². The van der Waals surface area contributed by atoms with Crippen molar-refractivity contribution in [2.24, 2.45) is 0 Å². The van der Waals surface area contributed by atoms with E-state index >= 15 is 0 Å². The predicted molar refractivity (Wildman–Crippen MR) is 74.6 cm³/mol. The minimum atomic E-state index is -1.08. The molecule has 0 amide bonds. The predicted octanol–water partition coefficient (Wildman–Crippen LogP) is 3.52. The van der Waals surface area contributed by atoms with Crippen LogP contribution in [0.4, 0.5) is 4.39 Å². The molecule has 0 aromatic carbocycles. The number of allylic oxidation sites excluding steroid dienone is 4. The number of hydrogen-bond acceptors (Lipinski definition) is 3. The van der Waals surface area contributed by atoms with Crippen molar-refractivity contribution in [2.75, 3.05) is 6.61 Å². The van der Waals surface area contributed by atoms with Gasteiger partial charge in [-0.3, -0.25) is 0 Å². The molecule has 106 valence electrons. The Kier molecular flexibility index (Phi) is 3.42. The molecule has 2 aliphatic rings. The van der Waals surface area contributed by atoms with Crippen LogP contribution in [-0.2, 0) is 4.74 Å². The van der Waals surface area contributed by atoms with E-state index in [1.165, 1.54) is 0 Å². The molecule has 0 radical (unpaired) electrons. The second kappa shape index (κ2) is 5.23. The maximum absolute atomic E-state index is 14.1. The first-order chi connectivity index (χ1) is 9.70. The lowest BCUT2D eigenvalue weighted by Crippen LogP contribution is -2.09. The van der Waals surface area contributed by atoms with Crippen molar-refractivity contribution in [3.05, 3.63) is 42.0 Å². The van der Waals surface area contributed by atoms with Crippen molar-refractivity contribution >= 4 is 5.76 Å². The van der Waals surface area contributed by atoms with E-state index in [4.69, 9.17) is 4.74 Å². The number of nitrogens with zero attached hydrogens (tertiary/aromatic N) is 3. The molecule has 4 nitrogen and oxygen atoms in total. The van der Waals surface area contributed by atoms with Gasteiger partial charge in [-0.1, -0.05) is 24.8 Å². The summed E-state index contributed by atoms with van der Waals surface area (Å²) in [4.78, 5) is 4.24. The molecular weight excluding hydrogens is 257 g/mol. The van der Waals surface area contributed by atoms with Crippen LogP contribution in [0.15, 0.2) is 30.4 Å². The summed E-state index contributed by atoms with van der Waals surface area (Å²) in [6.45, 7) is 6.15. The quantitative estimate of drug-likeness (QED) is 0.789. The zero-order valence-corrected chi connectivity index (χ0v) is 11.6. The summed E-state index contributed by atoms with van der Waals surface area (Å²) >= 11 is 0. The fraction of sp³-hybridized carbons (Fsp3) is 0.467. The third kappa shape index (κ3) is 2.17. The molecule has 2 heterocycles. The lowest BCUT2D eigenvalue weighted by Gasteiger charge is -2.15. The third-order valence-corrected chi connectivity index (χ3v) is 3.64. The maximum atomic E-state index is 14.1. The van der Waals surface area contributed by atoms with Crippen LogP contribution in [0, 0.1) is 0 Å². The van der Waals surface area contributed by atoms with E-state index in [0.29, 0.717) is 30.4 Å². The molecule has 0 bridgehead atoms. The molecule has 0 saturated heterocycles. The third-order valence-electron chi connectivity index (χ3n) is 3.64. The Bertz CT molecular complexity index is 588. The molecule has 0 spiro atoms. The Hall–Kier alpha value is -1.91. The molecule has 2 unspecified atom stereocenters. The highest BCUT2D eigenvalue weighted by Gasteiger charge is 2.36. The Morgan fingerprint density at radius 2 is 2.40 bits per heavy atom. The van der Waals surface area contributed by atoms with E-state index < -0.39 is 6.17 Å². The number of halogens is 1. The van der Waals surface area contributed by atoms with Gasteiger partial charge in [0.25, 0.3) is 0 Å². The van der Waals surface area contributed by atoms with Crippen LogP contribution < -0.4 is 0 Å². The molecule has 2 atom stereocenters. The lowest BCUT2D eigenvalue weighted by atomic mass is 9.98. The monoisotopic (exact) mass is 275 g/mol. The molecule has 1 aliphatic carbocycles. The first-order valence-electron chi connectivity index (χ1n) is 7.00. The first-order valence-corrected chi connectivity index (χ1v) is 7.00. The van der Waals surface area contributed by atoms with Gasteiger partial charge in [0.15, 0.2) is 17.8 Å². The lowest BCUT2D eigenvalue weighted by molar-refractivity contribution is 0.294. The van der Waals surface area contributed by atoms with Gasteiger partial charge in [0.05, 0.1) is 12.6 Å². The standard InChI is InChI=1S/C15H18FN3O/c1-3-20-10(2)14-17-15-12(16)9-13(19(15)18-14)11-7-5-4-6-8-11/h5,7-8,12-13H,2-4,6,9H2,1H3. The Morgan fingerprint density at radius 3 is 3.10 bits per heavy atom.